The minimum Gasteiger partial charge on any atom is -0.497 e. The maximum absolute atomic E-state index is 13.9. The van der Waals surface area contributed by atoms with Gasteiger partial charge in [0.25, 0.3) is 0 Å². The Balaban J connectivity index is 1.58. The highest BCUT2D eigenvalue weighted by atomic mass is 19.4. The maximum atomic E-state index is 13.9. The molecule has 4 aromatic rings. The molecule has 1 unspecified atom stereocenters. The van der Waals surface area contributed by atoms with E-state index >= 15 is 0 Å². The standard InChI is InChI=1S/C35H32F3NO6/c1-20-15-24(33(40)44-5)9-12-28(20)22-10-14-31(43-4)30(18-22)29-13-11-26(35(36,37)38)16-25(29)19-39-21(2)32(45-34(39)41)23-7-6-8-27(17-23)42-3/h6-18,21,32H,19H2,1-5H3/t21?,32-/m0/s1. The molecular formula is C35H32F3NO6. The third kappa shape index (κ3) is 6.31. The van der Waals surface area contributed by atoms with Crippen LogP contribution >= 0.6 is 0 Å². The van der Waals surface area contributed by atoms with Gasteiger partial charge in [0.1, 0.15) is 17.6 Å². The van der Waals surface area contributed by atoms with Crippen LogP contribution in [0.5, 0.6) is 11.5 Å². The van der Waals surface area contributed by atoms with Crippen molar-refractivity contribution in [2.75, 3.05) is 21.3 Å². The van der Waals surface area contributed by atoms with Gasteiger partial charge in [0.2, 0.25) is 0 Å². The largest absolute Gasteiger partial charge is 0.497 e. The maximum Gasteiger partial charge on any atom is 0.416 e. The number of nitrogens with zero attached hydrogens (tertiary/aromatic N) is 1. The Morgan fingerprint density at radius 3 is 2.31 bits per heavy atom. The highest BCUT2D eigenvalue weighted by molar-refractivity contribution is 5.91. The molecule has 0 aliphatic carbocycles. The summed E-state index contributed by atoms with van der Waals surface area (Å²) < 4.78 is 63.3. The summed E-state index contributed by atoms with van der Waals surface area (Å²) in [6, 6.07) is 20.7. The predicted octanol–water partition coefficient (Wildman–Crippen LogP) is 8.23. The summed E-state index contributed by atoms with van der Waals surface area (Å²) in [5.41, 5.74) is 3.94. The van der Waals surface area contributed by atoms with Gasteiger partial charge in [-0.05, 0) is 95.8 Å². The summed E-state index contributed by atoms with van der Waals surface area (Å²) in [5.74, 6) is 0.573. The zero-order chi connectivity index (χ0) is 32.5. The van der Waals surface area contributed by atoms with Crippen LogP contribution in [0.15, 0.2) is 78.9 Å². The number of hydrogen-bond acceptors (Lipinski definition) is 6. The number of hydrogen-bond donors (Lipinski definition) is 0. The van der Waals surface area contributed by atoms with Gasteiger partial charge >= 0.3 is 18.2 Å². The Bertz CT molecular complexity index is 1750. The predicted molar refractivity (Wildman–Crippen MR) is 162 cm³/mol. The van der Waals surface area contributed by atoms with E-state index in [0.717, 1.165) is 28.8 Å². The minimum atomic E-state index is -4.60. The van der Waals surface area contributed by atoms with Crippen molar-refractivity contribution in [2.45, 2.75) is 38.7 Å². The van der Waals surface area contributed by atoms with Crippen LogP contribution in [-0.2, 0) is 22.2 Å². The van der Waals surface area contributed by atoms with Crippen LogP contribution in [0.3, 0.4) is 0 Å². The minimum absolute atomic E-state index is 0.139. The van der Waals surface area contributed by atoms with Gasteiger partial charge in [-0.1, -0.05) is 30.3 Å². The van der Waals surface area contributed by atoms with E-state index in [1.165, 1.54) is 32.3 Å². The fraction of sp³-hybridized carbons (Fsp3) is 0.257. The third-order valence-corrected chi connectivity index (χ3v) is 8.04. The topological polar surface area (TPSA) is 74.3 Å². The van der Waals surface area contributed by atoms with Crippen molar-refractivity contribution in [1.82, 2.24) is 4.90 Å². The number of ether oxygens (including phenoxy) is 4. The van der Waals surface area contributed by atoms with Crippen LogP contribution in [0, 0.1) is 6.92 Å². The van der Waals surface area contributed by atoms with Crippen molar-refractivity contribution in [3.05, 3.63) is 107 Å². The molecule has 1 saturated heterocycles. The van der Waals surface area contributed by atoms with Crippen molar-refractivity contribution in [3.63, 3.8) is 0 Å². The number of halogens is 3. The fourth-order valence-electron chi connectivity index (χ4n) is 5.64. The van der Waals surface area contributed by atoms with Crippen LogP contribution in [-0.4, -0.2) is 44.3 Å². The first-order valence-electron chi connectivity index (χ1n) is 14.1. The molecule has 0 radical (unpaired) electrons. The second-order valence-corrected chi connectivity index (χ2v) is 10.8. The van der Waals surface area contributed by atoms with Crippen LogP contribution in [0.25, 0.3) is 22.3 Å². The number of methoxy groups -OCH3 is 3. The molecule has 2 atom stereocenters. The molecule has 1 amide bonds. The Kier molecular flexibility index (Phi) is 8.77. The van der Waals surface area contributed by atoms with Crippen LogP contribution in [0.1, 0.15) is 45.6 Å². The van der Waals surface area contributed by atoms with E-state index in [1.54, 1.807) is 49.4 Å². The number of alkyl halides is 3. The number of carbonyl (C=O) groups is 2. The number of rotatable bonds is 8. The van der Waals surface area contributed by atoms with E-state index in [9.17, 15) is 22.8 Å². The highest BCUT2D eigenvalue weighted by Gasteiger charge is 2.40. The van der Waals surface area contributed by atoms with Gasteiger partial charge in [-0.3, -0.25) is 4.90 Å². The Morgan fingerprint density at radius 1 is 0.889 bits per heavy atom. The molecule has 4 aromatic carbocycles. The molecule has 45 heavy (non-hydrogen) atoms. The first kappa shape index (κ1) is 31.4. The number of cyclic esters (lactones) is 1. The van der Waals surface area contributed by atoms with Crippen LogP contribution < -0.4 is 9.47 Å². The Hall–Kier alpha value is -4.99. The quantitative estimate of drug-likeness (QED) is 0.185. The SMILES string of the molecule is COC(=O)c1ccc(-c2ccc(OC)c(-c3ccc(C(F)(F)F)cc3CN3C(=O)O[C@H](c4cccc(OC)c4)C3C)c2)c(C)c1. The second kappa shape index (κ2) is 12.6. The van der Waals surface area contributed by atoms with E-state index in [1.807, 2.05) is 25.1 Å². The molecule has 10 heteroatoms. The summed E-state index contributed by atoms with van der Waals surface area (Å²) in [5, 5.41) is 0. The average Bonchev–Trinajstić information content (AvgIpc) is 3.32. The van der Waals surface area contributed by atoms with E-state index in [0.29, 0.717) is 33.8 Å². The molecule has 0 spiro atoms. The normalized spacial score (nSPS) is 16.4. The van der Waals surface area contributed by atoms with Gasteiger partial charge in [0, 0.05) is 5.56 Å². The highest BCUT2D eigenvalue weighted by Crippen LogP contribution is 2.42. The van der Waals surface area contributed by atoms with Gasteiger partial charge in [0.15, 0.2) is 0 Å². The van der Waals surface area contributed by atoms with Crippen molar-refractivity contribution in [1.29, 1.82) is 0 Å². The molecule has 0 aromatic heterocycles. The van der Waals surface area contributed by atoms with Crippen molar-refractivity contribution in [2.24, 2.45) is 0 Å². The van der Waals surface area contributed by atoms with E-state index in [2.05, 4.69) is 0 Å². The van der Waals surface area contributed by atoms with Crippen molar-refractivity contribution in [3.8, 4) is 33.8 Å². The van der Waals surface area contributed by atoms with E-state index in [-0.39, 0.29) is 12.1 Å². The molecule has 0 bridgehead atoms. The second-order valence-electron chi connectivity index (χ2n) is 10.8. The van der Waals surface area contributed by atoms with Gasteiger partial charge in [0.05, 0.1) is 45.0 Å². The van der Waals surface area contributed by atoms with Gasteiger partial charge in [-0.25, -0.2) is 9.59 Å². The lowest BCUT2D eigenvalue weighted by atomic mass is 9.91. The van der Waals surface area contributed by atoms with Crippen LogP contribution in [0.4, 0.5) is 18.0 Å². The first-order valence-corrected chi connectivity index (χ1v) is 14.1. The molecule has 1 fully saturated rings. The lowest BCUT2D eigenvalue weighted by Crippen LogP contribution is -2.31. The van der Waals surface area contributed by atoms with Gasteiger partial charge < -0.3 is 18.9 Å². The summed E-state index contributed by atoms with van der Waals surface area (Å²) in [6.07, 6.45) is -5.88. The molecule has 234 valence electrons. The number of benzene rings is 4. The third-order valence-electron chi connectivity index (χ3n) is 8.04. The van der Waals surface area contributed by atoms with E-state index < -0.39 is 35.9 Å². The number of amides is 1. The number of carbonyl (C=O) groups excluding carboxylic acids is 2. The first-order chi connectivity index (χ1) is 21.4. The Labute approximate surface area is 259 Å². The molecule has 7 nitrogen and oxygen atoms in total. The summed E-state index contributed by atoms with van der Waals surface area (Å²) in [6.45, 7) is 3.51. The van der Waals surface area contributed by atoms with Crippen LogP contribution in [0.2, 0.25) is 0 Å². The molecule has 0 saturated carbocycles. The fourth-order valence-corrected chi connectivity index (χ4v) is 5.64. The van der Waals surface area contributed by atoms with Crippen molar-refractivity contribution >= 4 is 12.1 Å². The van der Waals surface area contributed by atoms with Gasteiger partial charge in [-0.15, -0.1) is 0 Å². The zero-order valence-electron chi connectivity index (χ0n) is 25.4. The van der Waals surface area contributed by atoms with E-state index in [4.69, 9.17) is 18.9 Å². The molecule has 1 aliphatic heterocycles. The lowest BCUT2D eigenvalue weighted by molar-refractivity contribution is -0.137. The van der Waals surface area contributed by atoms with Gasteiger partial charge in [-0.2, -0.15) is 13.2 Å². The van der Waals surface area contributed by atoms with Crippen molar-refractivity contribution < 1.29 is 41.7 Å². The molecule has 1 heterocycles. The molecule has 5 rings (SSSR count). The smallest absolute Gasteiger partial charge is 0.416 e. The average molecular weight is 620 g/mol. The summed E-state index contributed by atoms with van der Waals surface area (Å²) >= 11 is 0. The number of aryl methyl sites for hydroxylation is 1. The lowest BCUT2D eigenvalue weighted by Gasteiger charge is -2.24. The summed E-state index contributed by atoms with van der Waals surface area (Å²) in [7, 11) is 4.33. The zero-order valence-corrected chi connectivity index (χ0v) is 25.4. The summed E-state index contributed by atoms with van der Waals surface area (Å²) in [4.78, 5) is 26.6. The molecule has 1 aliphatic rings. The molecular weight excluding hydrogens is 587 g/mol. The Morgan fingerprint density at radius 2 is 1.64 bits per heavy atom. The number of esters is 1. The monoisotopic (exact) mass is 619 g/mol. The molecule has 0 N–H and O–H groups in total.